The molecule has 7 aliphatic rings. The van der Waals surface area contributed by atoms with Crippen LogP contribution >= 0.6 is 15.9 Å². The van der Waals surface area contributed by atoms with Crippen LogP contribution in [0.25, 0.3) is 33.4 Å². The van der Waals surface area contributed by atoms with Crippen LogP contribution in [0.2, 0.25) is 0 Å². The second-order valence-electron chi connectivity index (χ2n) is 27.5. The first kappa shape index (κ1) is 62.1. The molecule has 2 amide bonds. The van der Waals surface area contributed by atoms with E-state index in [0.717, 1.165) is 47.0 Å². The molecule has 86 heavy (non-hydrogen) atoms. The lowest BCUT2D eigenvalue weighted by molar-refractivity contribution is -0.138. The highest BCUT2D eigenvalue weighted by Gasteiger charge is 2.64. The van der Waals surface area contributed by atoms with E-state index in [9.17, 15) is 29.4 Å². The van der Waals surface area contributed by atoms with Gasteiger partial charge in [-0.1, -0.05) is 28.1 Å². The fraction of sp³-hybridized carbons (Fsp3) is 0.600. The number of aromatic nitrogens is 8. The SMILES string of the molecule is CC1(C)OB(B2OC(C)(C)C(C)(C)O2)OC1(C)C.CC1(C)OB(c2ccc(-n3ncc4c(=O)n(CC5(O)CCN(C(=O)C6CC6)CC5)cnc43)cc2)OC1(C)C.O=C(C1CC1)N1CCC(O)(Cn2cnc3c(cnn3-c3ccc(Br)cc3)c2=O)CC1. The molecule has 458 valence electrons. The highest BCUT2D eigenvalue weighted by atomic mass is 79.9. The van der Waals surface area contributed by atoms with Crippen LogP contribution in [0, 0.1) is 11.8 Å². The summed E-state index contributed by atoms with van der Waals surface area (Å²) in [5, 5.41) is 31.8. The first-order chi connectivity index (χ1) is 40.3. The lowest BCUT2D eigenvalue weighted by Gasteiger charge is -2.38. The van der Waals surface area contributed by atoms with Crippen LogP contribution in [0.4, 0.5) is 0 Å². The average Bonchev–Trinajstić information content (AvgIpc) is 1.90. The van der Waals surface area contributed by atoms with E-state index >= 15 is 0 Å². The number of benzene rings is 2. The maximum atomic E-state index is 13.3. The maximum absolute atomic E-state index is 13.3. The number of piperidine rings is 2. The van der Waals surface area contributed by atoms with Crippen LogP contribution in [0.1, 0.15) is 134 Å². The zero-order valence-corrected chi connectivity index (χ0v) is 53.1. The summed E-state index contributed by atoms with van der Waals surface area (Å²) in [4.78, 5) is 63.5. The van der Waals surface area contributed by atoms with Crippen LogP contribution in [0.3, 0.4) is 0 Å². The molecule has 5 saturated heterocycles. The standard InChI is InChI=1S/C27H34BN5O5.C21H22BrN5O3.C12H24B2O4/c1-25(2)26(3,4)38-28(37-25)19-7-9-20(10-8-19)33-22-21(15-30-33)24(35)32(17-29-22)16-27(36)11-13-31(14-12-27)23(34)18-5-6-18;22-15-3-5-16(6-4-15)27-18-17(11-24-27)20(29)26(13-23-18)12-21(30)7-9-25(10-8-21)19(28)14-1-2-14;1-9(2)10(3,4)16-13(15-9)14-17-11(5,6)12(7,8)18-14/h7-10,15,17-18,36H,5-6,11-14,16H2,1-4H3;3-6,11,13-14,30H,1-2,7-10,12H2;1-8H3. The topological polar surface area (TPSA) is 242 Å². The minimum atomic E-state index is -1.06. The molecule has 6 aromatic rings. The first-order valence-corrected chi connectivity index (χ1v) is 30.9. The Labute approximate surface area is 510 Å². The van der Waals surface area contributed by atoms with Gasteiger partial charge in [-0.25, -0.2) is 19.3 Å². The van der Waals surface area contributed by atoms with Crippen molar-refractivity contribution < 1.29 is 47.7 Å². The van der Waals surface area contributed by atoms with E-state index in [-0.39, 0.29) is 70.3 Å². The number of hydrogen-bond acceptors (Lipinski definition) is 16. The zero-order valence-electron chi connectivity index (χ0n) is 51.5. The van der Waals surface area contributed by atoms with Crippen molar-refractivity contribution in [1.82, 2.24) is 48.5 Å². The van der Waals surface area contributed by atoms with E-state index in [2.05, 4.69) is 36.1 Å². The predicted octanol–water partition coefficient (Wildman–Crippen LogP) is 6.00. The molecule has 26 heteroatoms. The van der Waals surface area contributed by atoms with Crippen molar-refractivity contribution in [2.24, 2.45) is 11.8 Å². The Balaban J connectivity index is 0.000000143. The number of amides is 2. The van der Waals surface area contributed by atoms with Crippen LogP contribution in [0.5, 0.6) is 0 Å². The second-order valence-corrected chi connectivity index (χ2v) is 28.4. The minimum absolute atomic E-state index is 0.133. The summed E-state index contributed by atoms with van der Waals surface area (Å²) in [6.07, 6.45) is 11.7. The number of halogens is 1. The third kappa shape index (κ3) is 12.3. The van der Waals surface area contributed by atoms with Gasteiger partial charge in [-0.05, 0) is 176 Å². The van der Waals surface area contributed by atoms with Gasteiger partial charge in [-0.3, -0.25) is 28.3 Å². The van der Waals surface area contributed by atoms with Crippen molar-refractivity contribution >= 4 is 76.4 Å². The van der Waals surface area contributed by atoms with Gasteiger partial charge in [-0.2, -0.15) is 10.2 Å². The van der Waals surface area contributed by atoms with Crippen molar-refractivity contribution in [2.75, 3.05) is 26.2 Å². The fourth-order valence-electron chi connectivity index (χ4n) is 11.2. The molecule has 0 spiro atoms. The highest BCUT2D eigenvalue weighted by Crippen LogP contribution is 2.44. The average molecular weight is 1250 g/mol. The highest BCUT2D eigenvalue weighted by molar-refractivity contribution is 9.10. The summed E-state index contributed by atoms with van der Waals surface area (Å²) in [7, 11) is -1.41. The van der Waals surface area contributed by atoms with Gasteiger partial charge in [0.15, 0.2) is 11.3 Å². The number of carbonyl (C=O) groups excluding carboxylic acids is 2. The van der Waals surface area contributed by atoms with Crippen molar-refractivity contribution in [3.8, 4) is 11.4 Å². The van der Waals surface area contributed by atoms with E-state index in [0.29, 0.717) is 73.9 Å². The Bertz CT molecular complexity index is 3550. The molecule has 0 unspecified atom stereocenters. The lowest BCUT2D eigenvalue weighted by atomic mass is 9.49. The molecule has 2 N–H and O–H groups in total. The first-order valence-electron chi connectivity index (χ1n) is 30.1. The Morgan fingerprint density at radius 3 is 1.19 bits per heavy atom. The number of hydrogen-bond donors (Lipinski definition) is 2. The number of rotatable bonds is 10. The molecule has 2 aliphatic carbocycles. The van der Waals surface area contributed by atoms with Crippen LogP contribution in [0.15, 0.2) is 87.6 Å². The molecular formula is C60H80B3BrN10O12. The third-order valence-electron chi connectivity index (χ3n) is 19.4. The predicted molar refractivity (Wildman–Crippen MR) is 329 cm³/mol. The molecule has 9 heterocycles. The Hall–Kier alpha value is -5.57. The molecule has 2 aromatic carbocycles. The van der Waals surface area contributed by atoms with Gasteiger partial charge in [0.25, 0.3) is 11.1 Å². The van der Waals surface area contributed by atoms with Crippen molar-refractivity contribution in [3.05, 3.63) is 98.8 Å². The van der Waals surface area contributed by atoms with Gasteiger partial charge in [0.1, 0.15) is 23.4 Å². The minimum Gasteiger partial charge on any atom is -0.405 e. The van der Waals surface area contributed by atoms with E-state index in [1.54, 1.807) is 9.36 Å². The molecule has 13 rings (SSSR count). The molecule has 4 aromatic heterocycles. The van der Waals surface area contributed by atoms with E-state index < -0.39 is 43.5 Å². The molecule has 22 nitrogen and oxygen atoms in total. The number of fused-ring (bicyclic) bond motifs is 2. The van der Waals surface area contributed by atoms with Gasteiger partial charge < -0.3 is 47.9 Å². The fourth-order valence-corrected chi connectivity index (χ4v) is 11.5. The van der Waals surface area contributed by atoms with Crippen molar-refractivity contribution in [1.29, 1.82) is 0 Å². The van der Waals surface area contributed by atoms with Crippen molar-refractivity contribution in [2.45, 2.75) is 192 Å². The zero-order chi connectivity index (χ0) is 61.7. The number of carbonyl (C=O) groups is 2. The normalized spacial score (nSPS) is 23.0. The summed E-state index contributed by atoms with van der Waals surface area (Å²) in [6.45, 7) is 26.7. The quantitative estimate of drug-likeness (QED) is 0.149. The molecule has 0 atom stereocenters. The monoisotopic (exact) mass is 1240 g/mol. The Kier molecular flexibility index (Phi) is 16.2. The summed E-state index contributed by atoms with van der Waals surface area (Å²) in [6, 6.07) is 15.3. The number of nitrogens with zero attached hydrogens (tertiary/aromatic N) is 10. The summed E-state index contributed by atoms with van der Waals surface area (Å²) >= 11 is 3.41. The van der Waals surface area contributed by atoms with Gasteiger partial charge in [-0.15, -0.1) is 0 Å². The Morgan fingerprint density at radius 2 is 0.849 bits per heavy atom. The summed E-state index contributed by atoms with van der Waals surface area (Å²) < 4.78 is 43.2. The van der Waals surface area contributed by atoms with Crippen LogP contribution in [-0.2, 0) is 50.6 Å². The van der Waals surface area contributed by atoms with Crippen LogP contribution in [-0.4, -0.2) is 163 Å². The molecule has 7 fully saturated rings. The van der Waals surface area contributed by atoms with Crippen molar-refractivity contribution in [3.63, 3.8) is 0 Å². The van der Waals surface area contributed by atoms with E-state index in [1.165, 1.54) is 34.2 Å². The number of likely N-dealkylation sites (tertiary alicyclic amines) is 2. The largest absolute Gasteiger partial charge is 0.494 e. The molecule has 0 radical (unpaired) electrons. The van der Waals surface area contributed by atoms with Gasteiger partial charge in [0, 0.05) is 42.5 Å². The van der Waals surface area contributed by atoms with Gasteiger partial charge in [0.05, 0.1) is 81.7 Å². The van der Waals surface area contributed by atoms with E-state index in [4.69, 9.17) is 27.9 Å². The van der Waals surface area contributed by atoms with E-state index in [1.807, 2.05) is 141 Å². The smallest absolute Gasteiger partial charge is 0.405 e. The van der Waals surface area contributed by atoms with Gasteiger partial charge >= 0.3 is 21.1 Å². The molecule has 5 aliphatic heterocycles. The number of aliphatic hydroxyl groups is 2. The summed E-state index contributed by atoms with van der Waals surface area (Å²) in [5.41, 5.74) is -1.44. The second kappa shape index (κ2) is 22.5. The summed E-state index contributed by atoms with van der Waals surface area (Å²) in [5.74, 6) is 0.765. The Morgan fingerprint density at radius 1 is 0.523 bits per heavy atom. The third-order valence-corrected chi connectivity index (χ3v) is 19.9. The van der Waals surface area contributed by atoms with Gasteiger partial charge in [0.2, 0.25) is 11.8 Å². The molecular weight excluding hydrogens is 1170 g/mol. The lowest BCUT2D eigenvalue weighted by Crippen LogP contribution is -2.50. The maximum Gasteiger partial charge on any atom is 0.494 e. The molecule has 0 bridgehead atoms. The van der Waals surface area contributed by atoms with Crippen LogP contribution < -0.4 is 16.6 Å². The molecule has 2 saturated carbocycles.